The zero-order chi connectivity index (χ0) is 7.71. The summed E-state index contributed by atoms with van der Waals surface area (Å²) >= 11 is 14.7. The molecule has 0 amide bonds. The van der Waals surface area contributed by atoms with Crippen LogP contribution in [0.3, 0.4) is 0 Å². The summed E-state index contributed by atoms with van der Waals surface area (Å²) in [4.78, 5) is 0. The van der Waals surface area contributed by atoms with Gasteiger partial charge in [-0.1, -0.05) is 0 Å². The highest BCUT2D eigenvalue weighted by molar-refractivity contribution is 8.09. The Kier molecular flexibility index (Phi) is 3.57. The van der Waals surface area contributed by atoms with Crippen molar-refractivity contribution in [3.8, 4) is 0 Å². The standard InChI is InChI=1S/CH3Cl3O3P2/c1-8(2,5)7-9(3,4)6/h1H3. The van der Waals surface area contributed by atoms with Gasteiger partial charge in [0.25, 0.3) is 6.72 Å². The summed E-state index contributed by atoms with van der Waals surface area (Å²) in [6.45, 7) is -2.29. The molecule has 0 aromatic carbocycles. The SMILES string of the molecule is CP(=O)(Cl)OP(=O)(Cl)Cl. The van der Waals surface area contributed by atoms with Crippen molar-refractivity contribution in [3.63, 3.8) is 0 Å². The van der Waals surface area contributed by atoms with E-state index in [1.54, 1.807) is 0 Å². The molecule has 0 aliphatic rings. The topological polar surface area (TPSA) is 43.4 Å². The molecule has 8 heteroatoms. The molecule has 0 bridgehead atoms. The quantitative estimate of drug-likeness (QED) is 0.681. The van der Waals surface area contributed by atoms with E-state index in [4.69, 9.17) is 33.7 Å². The molecule has 0 rings (SSSR count). The zero-order valence-electron chi connectivity index (χ0n) is 4.25. The van der Waals surface area contributed by atoms with Crippen LogP contribution in [-0.2, 0) is 13.4 Å². The van der Waals surface area contributed by atoms with Gasteiger partial charge in [-0.15, -0.1) is 0 Å². The highest BCUT2D eigenvalue weighted by Crippen LogP contribution is 2.70. The average Bonchev–Trinajstić information content (AvgIpc) is 1.14. The van der Waals surface area contributed by atoms with Crippen molar-refractivity contribution < 1.29 is 13.4 Å². The molecule has 0 aliphatic heterocycles. The van der Waals surface area contributed by atoms with E-state index in [9.17, 15) is 9.13 Å². The lowest BCUT2D eigenvalue weighted by Crippen LogP contribution is -1.68. The van der Waals surface area contributed by atoms with Gasteiger partial charge in [0.1, 0.15) is 0 Å². The molecule has 3 nitrogen and oxygen atoms in total. The van der Waals surface area contributed by atoms with Gasteiger partial charge in [-0.3, -0.25) is 9.13 Å². The Morgan fingerprint density at radius 1 is 1.22 bits per heavy atom. The molecule has 56 valence electrons. The fourth-order valence-electron chi connectivity index (χ4n) is 0.170. The molecule has 0 radical (unpaired) electrons. The largest absolute Gasteiger partial charge is 0.386 e. The van der Waals surface area contributed by atoms with Crippen molar-refractivity contribution in [2.75, 3.05) is 6.66 Å². The van der Waals surface area contributed by atoms with Gasteiger partial charge in [-0.2, -0.15) is 0 Å². The van der Waals surface area contributed by atoms with Crippen LogP contribution >= 0.6 is 46.5 Å². The van der Waals surface area contributed by atoms with Gasteiger partial charge in [-0.25, -0.2) is 4.31 Å². The van der Waals surface area contributed by atoms with E-state index in [1.165, 1.54) is 0 Å². The normalized spacial score (nSPS) is 19.1. The Morgan fingerprint density at radius 3 is 1.56 bits per heavy atom. The van der Waals surface area contributed by atoms with Crippen molar-refractivity contribution in [2.45, 2.75) is 0 Å². The second-order valence-corrected chi connectivity index (χ2v) is 9.25. The maximum Gasteiger partial charge on any atom is 0.386 e. The summed E-state index contributed by atoms with van der Waals surface area (Å²) in [6, 6.07) is 0. The molecule has 0 saturated carbocycles. The van der Waals surface area contributed by atoms with Crippen LogP contribution in [0, 0.1) is 0 Å². The van der Waals surface area contributed by atoms with Gasteiger partial charge in [0.05, 0.1) is 0 Å². The van der Waals surface area contributed by atoms with Crippen LogP contribution in [-0.4, -0.2) is 6.66 Å². The van der Waals surface area contributed by atoms with Crippen molar-refractivity contribution >= 4 is 46.5 Å². The number of hydrogen-bond donors (Lipinski definition) is 0. The number of rotatable bonds is 2. The Labute approximate surface area is 66.9 Å². The molecular formula is CH3Cl3O3P2. The summed E-state index contributed by atoms with van der Waals surface area (Å²) < 4.78 is 24.7. The number of hydrogen-bond acceptors (Lipinski definition) is 3. The van der Waals surface area contributed by atoms with Gasteiger partial charge < -0.3 is 0 Å². The van der Waals surface area contributed by atoms with Gasteiger partial charge in [-0.05, 0) is 33.7 Å². The van der Waals surface area contributed by atoms with E-state index in [2.05, 4.69) is 4.31 Å². The Morgan fingerprint density at radius 2 is 1.56 bits per heavy atom. The average molecular weight is 231 g/mol. The number of halogens is 3. The van der Waals surface area contributed by atoms with Gasteiger partial charge in [0.2, 0.25) is 0 Å². The molecule has 0 spiro atoms. The smallest absolute Gasteiger partial charge is 0.275 e. The lowest BCUT2D eigenvalue weighted by Gasteiger charge is -2.04. The van der Waals surface area contributed by atoms with E-state index in [-0.39, 0.29) is 0 Å². The van der Waals surface area contributed by atoms with Gasteiger partial charge in [0, 0.05) is 6.66 Å². The fourth-order valence-corrected chi connectivity index (χ4v) is 5.00. The third-order valence-corrected chi connectivity index (χ3v) is 3.83. The third-order valence-electron chi connectivity index (χ3n) is 0.241. The Hall–Kier alpha value is 1.29. The molecule has 0 N–H and O–H groups in total. The molecule has 0 saturated heterocycles. The maximum absolute atomic E-state index is 10.4. The van der Waals surface area contributed by atoms with Crippen LogP contribution < -0.4 is 0 Å². The predicted octanol–water partition coefficient (Wildman–Crippen LogP) is 3.65. The molecule has 9 heavy (non-hydrogen) atoms. The first-order chi connectivity index (χ1) is 3.71. The van der Waals surface area contributed by atoms with Crippen molar-refractivity contribution in [1.82, 2.24) is 0 Å². The summed E-state index contributed by atoms with van der Waals surface area (Å²) in [7, 11) is 0. The first-order valence-electron chi connectivity index (χ1n) is 1.68. The second kappa shape index (κ2) is 3.13. The molecule has 1 unspecified atom stereocenters. The van der Waals surface area contributed by atoms with Gasteiger partial charge >= 0.3 is 6.07 Å². The minimum Gasteiger partial charge on any atom is -0.275 e. The molecule has 0 aromatic heterocycles. The van der Waals surface area contributed by atoms with E-state index >= 15 is 0 Å². The van der Waals surface area contributed by atoms with Crippen LogP contribution in [0.4, 0.5) is 0 Å². The molecule has 1 atom stereocenters. The van der Waals surface area contributed by atoms with Crippen molar-refractivity contribution in [1.29, 1.82) is 0 Å². The molecular weight excluding hydrogens is 228 g/mol. The summed E-state index contributed by atoms with van der Waals surface area (Å²) in [5, 5.41) is 0. The molecule has 0 fully saturated rings. The van der Waals surface area contributed by atoms with Crippen LogP contribution in [0.1, 0.15) is 0 Å². The fraction of sp³-hybridized carbons (Fsp3) is 1.00. The van der Waals surface area contributed by atoms with E-state index in [0.717, 1.165) is 6.66 Å². The predicted molar refractivity (Wildman–Crippen MR) is 39.8 cm³/mol. The monoisotopic (exact) mass is 230 g/mol. The van der Waals surface area contributed by atoms with E-state index in [0.29, 0.717) is 0 Å². The summed E-state index contributed by atoms with van der Waals surface area (Å²) in [5.41, 5.74) is 0. The Bertz CT molecular complexity index is 157. The van der Waals surface area contributed by atoms with E-state index < -0.39 is 12.8 Å². The summed E-state index contributed by atoms with van der Waals surface area (Å²) in [6.07, 6.45) is -3.74. The van der Waals surface area contributed by atoms with Crippen LogP contribution in [0.25, 0.3) is 0 Å². The van der Waals surface area contributed by atoms with Crippen molar-refractivity contribution in [3.05, 3.63) is 0 Å². The van der Waals surface area contributed by atoms with Crippen LogP contribution in [0.5, 0.6) is 0 Å². The highest BCUT2D eigenvalue weighted by Gasteiger charge is 2.24. The van der Waals surface area contributed by atoms with Crippen molar-refractivity contribution in [2.24, 2.45) is 0 Å². The first-order valence-corrected chi connectivity index (χ1v) is 8.10. The highest BCUT2D eigenvalue weighted by atomic mass is 35.9. The minimum atomic E-state index is -3.74. The maximum atomic E-state index is 10.4. The first kappa shape index (κ1) is 10.3. The van der Waals surface area contributed by atoms with E-state index in [1.807, 2.05) is 0 Å². The van der Waals surface area contributed by atoms with Gasteiger partial charge in [0.15, 0.2) is 0 Å². The minimum absolute atomic E-state index is 1.05. The molecule has 0 heterocycles. The zero-order valence-corrected chi connectivity index (χ0v) is 8.31. The Balaban J connectivity index is 4.07. The lowest BCUT2D eigenvalue weighted by atomic mass is 12.0. The lowest BCUT2D eigenvalue weighted by molar-refractivity contribution is 0.493. The third kappa shape index (κ3) is 9.29. The van der Waals surface area contributed by atoms with Crippen LogP contribution in [0.2, 0.25) is 0 Å². The second-order valence-electron chi connectivity index (χ2n) is 1.24. The molecule has 0 aromatic rings. The summed E-state index contributed by atoms with van der Waals surface area (Å²) in [5.74, 6) is 0. The molecule has 0 aliphatic carbocycles. The van der Waals surface area contributed by atoms with Crippen LogP contribution in [0.15, 0.2) is 0 Å².